The molecule has 4 N–H and O–H groups in total. The predicted molar refractivity (Wildman–Crippen MR) is 147 cm³/mol. The molecule has 5 amide bonds. The summed E-state index contributed by atoms with van der Waals surface area (Å²) in [6.45, 7) is 6.77. The minimum Gasteiger partial charge on any atom is -0.320 e. The number of nitrogens with zero attached hydrogens (tertiary/aromatic N) is 1. The monoisotopic (exact) mass is 534 g/mol. The molecule has 3 unspecified atom stereocenters. The summed E-state index contributed by atoms with van der Waals surface area (Å²) >= 11 is 0. The zero-order valence-corrected chi connectivity index (χ0v) is 22.6. The van der Waals surface area contributed by atoms with Crippen LogP contribution in [-0.4, -0.2) is 34.7 Å². The molecule has 3 atom stereocenters. The van der Waals surface area contributed by atoms with Crippen LogP contribution in [0.15, 0.2) is 66.7 Å². The van der Waals surface area contributed by atoms with E-state index in [2.05, 4.69) is 10.9 Å². The molecular formula is C30H35FN4O4. The normalized spacial score (nSPS) is 13.4. The van der Waals surface area contributed by atoms with Gasteiger partial charge in [0, 0.05) is 11.8 Å². The molecule has 9 heteroatoms. The van der Waals surface area contributed by atoms with Crippen molar-refractivity contribution >= 4 is 34.5 Å². The number of rotatable bonds is 8. The Morgan fingerprint density at radius 3 is 2.21 bits per heavy atom. The van der Waals surface area contributed by atoms with Crippen LogP contribution >= 0.6 is 0 Å². The van der Waals surface area contributed by atoms with Crippen LogP contribution in [0.5, 0.6) is 0 Å². The van der Waals surface area contributed by atoms with E-state index >= 15 is 0 Å². The Kier molecular flexibility index (Phi) is 9.89. The zero-order chi connectivity index (χ0) is 28.7. The highest BCUT2D eigenvalue weighted by molar-refractivity contribution is 6.11. The topological polar surface area (TPSA) is 122 Å². The Morgan fingerprint density at radius 2 is 1.51 bits per heavy atom. The van der Waals surface area contributed by atoms with Crippen molar-refractivity contribution in [3.8, 4) is 0 Å². The van der Waals surface area contributed by atoms with Crippen molar-refractivity contribution < 1.29 is 23.6 Å². The first-order valence-corrected chi connectivity index (χ1v) is 12.9. The van der Waals surface area contributed by atoms with Crippen molar-refractivity contribution in [1.82, 2.24) is 15.8 Å². The molecule has 3 aromatic rings. The summed E-state index contributed by atoms with van der Waals surface area (Å²) in [5, 5.41) is 1.97. The number of hydrogen-bond acceptors (Lipinski definition) is 5. The Labute approximate surface area is 227 Å². The maximum atomic E-state index is 13.6. The van der Waals surface area contributed by atoms with E-state index in [1.165, 1.54) is 18.2 Å². The molecule has 0 radical (unpaired) electrons. The molecule has 0 aliphatic carbocycles. The summed E-state index contributed by atoms with van der Waals surface area (Å²) in [4.78, 5) is 52.8. The van der Waals surface area contributed by atoms with Gasteiger partial charge in [0.15, 0.2) is 0 Å². The molecule has 3 rings (SSSR count). The zero-order valence-electron chi connectivity index (χ0n) is 22.6. The highest BCUT2D eigenvalue weighted by atomic mass is 19.1. The minimum absolute atomic E-state index is 0.117. The maximum absolute atomic E-state index is 13.6. The molecular weight excluding hydrogens is 499 g/mol. The summed E-state index contributed by atoms with van der Waals surface area (Å²) in [7, 11) is 0. The average Bonchev–Trinajstić information content (AvgIpc) is 2.91. The Morgan fingerprint density at radius 1 is 0.846 bits per heavy atom. The second-order valence-electron chi connectivity index (χ2n) is 10.1. The third-order valence-electron chi connectivity index (χ3n) is 6.84. The van der Waals surface area contributed by atoms with Gasteiger partial charge < -0.3 is 5.73 Å². The summed E-state index contributed by atoms with van der Waals surface area (Å²) in [5.41, 5.74) is 12.0. The number of carbonyl (C=O) groups is 4. The Hall–Kier alpha value is -4.11. The van der Waals surface area contributed by atoms with E-state index in [4.69, 9.17) is 5.73 Å². The number of amides is 5. The summed E-state index contributed by atoms with van der Waals surface area (Å²) in [6, 6.07) is 17.1. The third kappa shape index (κ3) is 7.48. The smallest absolute Gasteiger partial charge is 0.320 e. The molecule has 0 saturated carbocycles. The van der Waals surface area contributed by atoms with Crippen LogP contribution in [0.1, 0.15) is 38.8 Å². The number of fused-ring (bicyclic) bond motifs is 1. The molecule has 0 saturated heterocycles. The highest BCUT2D eigenvalue weighted by Crippen LogP contribution is 2.20. The molecule has 3 aromatic carbocycles. The number of urea groups is 1. The van der Waals surface area contributed by atoms with Crippen molar-refractivity contribution in [1.29, 1.82) is 0 Å². The predicted octanol–water partition coefficient (Wildman–Crippen LogP) is 4.12. The van der Waals surface area contributed by atoms with Crippen molar-refractivity contribution in [3.63, 3.8) is 0 Å². The van der Waals surface area contributed by atoms with Gasteiger partial charge in [-0.15, -0.1) is 0 Å². The van der Waals surface area contributed by atoms with Gasteiger partial charge in [0.05, 0.1) is 6.04 Å². The number of halogens is 1. The van der Waals surface area contributed by atoms with Crippen molar-refractivity contribution in [2.24, 2.45) is 23.5 Å². The van der Waals surface area contributed by atoms with Crippen LogP contribution in [-0.2, 0) is 27.2 Å². The standard InChI is InChI=1S/C30H35FN4O4/c1-18(2)20(4)29(38)35(28(37)19(3)15-21-9-7-13-24(31)16-21)30(39)34-33-27(36)26(32)17-23-12-8-11-22-10-5-6-14-25(22)23/h5-14,16,18-20,26H,15,17,32H2,1-4H3,(H,33,36)(H,34,39). The molecule has 206 valence electrons. The number of benzene rings is 3. The summed E-state index contributed by atoms with van der Waals surface area (Å²) in [6.07, 6.45) is 0.325. The van der Waals surface area contributed by atoms with E-state index in [0.29, 0.717) is 10.5 Å². The molecule has 0 aliphatic rings. The number of carbonyl (C=O) groups excluding carboxylic acids is 4. The fourth-order valence-corrected chi connectivity index (χ4v) is 4.19. The van der Waals surface area contributed by atoms with Gasteiger partial charge in [0.1, 0.15) is 5.82 Å². The van der Waals surface area contributed by atoms with Gasteiger partial charge in [-0.1, -0.05) is 82.3 Å². The number of nitrogens with one attached hydrogen (secondary N) is 2. The number of imide groups is 3. The first-order chi connectivity index (χ1) is 18.5. The Bertz CT molecular complexity index is 1350. The van der Waals surface area contributed by atoms with Crippen molar-refractivity contribution in [3.05, 3.63) is 83.7 Å². The molecule has 8 nitrogen and oxygen atoms in total. The molecule has 0 fully saturated rings. The highest BCUT2D eigenvalue weighted by Gasteiger charge is 2.36. The molecule has 0 aromatic heterocycles. The molecule has 0 bridgehead atoms. The van der Waals surface area contributed by atoms with Gasteiger partial charge in [-0.25, -0.2) is 14.6 Å². The maximum Gasteiger partial charge on any atom is 0.349 e. The second-order valence-corrected chi connectivity index (χ2v) is 10.1. The van der Waals surface area contributed by atoms with Crippen molar-refractivity contribution in [2.75, 3.05) is 0 Å². The third-order valence-corrected chi connectivity index (χ3v) is 6.84. The molecule has 39 heavy (non-hydrogen) atoms. The summed E-state index contributed by atoms with van der Waals surface area (Å²) < 4.78 is 13.6. The van der Waals surface area contributed by atoms with Gasteiger partial charge in [-0.3, -0.25) is 19.8 Å². The fourth-order valence-electron chi connectivity index (χ4n) is 4.19. The van der Waals surface area contributed by atoms with Gasteiger partial charge >= 0.3 is 6.03 Å². The lowest BCUT2D eigenvalue weighted by atomic mass is 9.95. The number of hydrazine groups is 1. The van der Waals surface area contributed by atoms with E-state index in [1.54, 1.807) is 33.8 Å². The first-order valence-electron chi connectivity index (χ1n) is 12.9. The number of nitrogens with two attached hydrogens (primary N) is 1. The lowest BCUT2D eigenvalue weighted by molar-refractivity contribution is -0.146. The lowest BCUT2D eigenvalue weighted by Gasteiger charge is -2.27. The van der Waals surface area contributed by atoms with Gasteiger partial charge in [0.25, 0.3) is 5.91 Å². The van der Waals surface area contributed by atoms with Crippen LogP contribution in [0.4, 0.5) is 9.18 Å². The fraction of sp³-hybridized carbons (Fsp3) is 0.333. The van der Waals surface area contributed by atoms with E-state index in [9.17, 15) is 23.6 Å². The number of hydrogen-bond donors (Lipinski definition) is 3. The first kappa shape index (κ1) is 29.4. The SMILES string of the molecule is CC(Cc1cccc(F)c1)C(=O)N(C(=O)NNC(=O)C(N)Cc1cccc2ccccc12)C(=O)C(C)C(C)C. The van der Waals surface area contributed by atoms with Crippen LogP contribution in [0.3, 0.4) is 0 Å². The minimum atomic E-state index is -1.09. The van der Waals surface area contributed by atoms with E-state index in [1.807, 2.05) is 42.5 Å². The Balaban J connectivity index is 1.71. The van der Waals surface area contributed by atoms with Gasteiger partial charge in [-0.2, -0.15) is 4.90 Å². The van der Waals surface area contributed by atoms with Crippen LogP contribution in [0.2, 0.25) is 0 Å². The molecule has 0 heterocycles. The summed E-state index contributed by atoms with van der Waals surface area (Å²) in [5.74, 6) is -4.20. The van der Waals surface area contributed by atoms with E-state index in [0.717, 1.165) is 16.3 Å². The molecule has 0 spiro atoms. The second kappa shape index (κ2) is 13.1. The van der Waals surface area contributed by atoms with E-state index in [-0.39, 0.29) is 18.8 Å². The van der Waals surface area contributed by atoms with Crippen LogP contribution in [0.25, 0.3) is 10.8 Å². The quantitative estimate of drug-likeness (QED) is 0.376. The van der Waals surface area contributed by atoms with E-state index < -0.39 is 47.4 Å². The lowest BCUT2D eigenvalue weighted by Crippen LogP contribution is -2.57. The van der Waals surface area contributed by atoms with Crippen LogP contribution in [0, 0.1) is 23.6 Å². The molecule has 0 aliphatic heterocycles. The van der Waals surface area contributed by atoms with Gasteiger partial charge in [0.2, 0.25) is 11.8 Å². The van der Waals surface area contributed by atoms with Crippen LogP contribution < -0.4 is 16.6 Å². The average molecular weight is 535 g/mol. The van der Waals surface area contributed by atoms with Gasteiger partial charge in [-0.05, 0) is 52.8 Å². The van der Waals surface area contributed by atoms with Crippen molar-refractivity contribution in [2.45, 2.75) is 46.6 Å². The largest absolute Gasteiger partial charge is 0.349 e.